The highest BCUT2D eigenvalue weighted by Gasteiger charge is 2.04. The van der Waals surface area contributed by atoms with E-state index in [4.69, 9.17) is 11.6 Å². The molecule has 3 heteroatoms. The van der Waals surface area contributed by atoms with E-state index in [1.54, 1.807) is 0 Å². The summed E-state index contributed by atoms with van der Waals surface area (Å²) in [4.78, 5) is 11.1. The van der Waals surface area contributed by atoms with Crippen LogP contribution < -0.4 is 5.32 Å². The van der Waals surface area contributed by atoms with Crippen molar-refractivity contribution in [3.63, 3.8) is 0 Å². The Morgan fingerprint density at radius 1 is 1.18 bits per heavy atom. The zero-order valence-corrected chi connectivity index (χ0v) is 10.4. The number of carbonyl (C=O) groups excluding carboxylic acids is 1. The van der Waals surface area contributed by atoms with E-state index >= 15 is 0 Å². The topological polar surface area (TPSA) is 29.1 Å². The van der Waals surface area contributed by atoms with Gasteiger partial charge in [0.1, 0.15) is 5.88 Å². The lowest BCUT2D eigenvalue weighted by Crippen LogP contribution is -2.23. The lowest BCUT2D eigenvalue weighted by Gasteiger charge is -2.09. The van der Waals surface area contributed by atoms with E-state index in [1.807, 2.05) is 18.2 Å². The van der Waals surface area contributed by atoms with Gasteiger partial charge in [0.2, 0.25) is 5.91 Å². The van der Waals surface area contributed by atoms with Gasteiger partial charge in [0.15, 0.2) is 0 Å². The summed E-state index contributed by atoms with van der Waals surface area (Å²) in [5, 5.41) is 5.20. The number of nitrogens with one attached hydrogen (secondary N) is 1. The molecule has 0 unspecified atom stereocenters. The van der Waals surface area contributed by atoms with Crippen LogP contribution in [0.4, 0.5) is 0 Å². The van der Waals surface area contributed by atoms with Gasteiger partial charge in [-0.15, -0.1) is 11.6 Å². The summed E-state index contributed by atoms with van der Waals surface area (Å²) in [6.07, 6.45) is 0. The van der Waals surface area contributed by atoms with Gasteiger partial charge in [0.05, 0.1) is 0 Å². The molecule has 0 radical (unpaired) electrons. The van der Waals surface area contributed by atoms with Crippen LogP contribution in [0.2, 0.25) is 0 Å². The van der Waals surface area contributed by atoms with E-state index in [1.165, 1.54) is 16.3 Å². The molecule has 1 amide bonds. The monoisotopic (exact) mass is 247 g/mol. The van der Waals surface area contributed by atoms with Crippen LogP contribution in [0.3, 0.4) is 0 Å². The predicted molar refractivity (Wildman–Crippen MR) is 71.3 cm³/mol. The van der Waals surface area contributed by atoms with Gasteiger partial charge < -0.3 is 5.32 Å². The smallest absolute Gasteiger partial charge is 0.235 e. The molecular formula is C14H14ClNO. The summed E-state index contributed by atoms with van der Waals surface area (Å²) in [6, 6.07) is 12.3. The van der Waals surface area contributed by atoms with Gasteiger partial charge in [-0.3, -0.25) is 4.79 Å². The number of hydrogen-bond donors (Lipinski definition) is 1. The Hall–Kier alpha value is -1.54. The van der Waals surface area contributed by atoms with Crippen molar-refractivity contribution in [3.05, 3.63) is 47.5 Å². The largest absolute Gasteiger partial charge is 0.351 e. The second-order valence-electron chi connectivity index (χ2n) is 4.00. The highest BCUT2D eigenvalue weighted by Crippen LogP contribution is 2.22. The van der Waals surface area contributed by atoms with Crippen LogP contribution in [0.25, 0.3) is 10.8 Å². The Bertz CT molecular complexity index is 551. The maximum absolute atomic E-state index is 11.1. The molecule has 0 heterocycles. The van der Waals surface area contributed by atoms with Crippen molar-refractivity contribution >= 4 is 28.3 Å². The van der Waals surface area contributed by atoms with Crippen molar-refractivity contribution in [1.82, 2.24) is 5.32 Å². The molecule has 2 aromatic carbocycles. The lowest BCUT2D eigenvalue weighted by molar-refractivity contribution is -0.118. The number of halogens is 1. The number of amides is 1. The maximum atomic E-state index is 11.1. The molecule has 0 aromatic heterocycles. The number of fused-ring (bicyclic) bond motifs is 1. The van der Waals surface area contributed by atoms with Crippen molar-refractivity contribution in [3.8, 4) is 0 Å². The van der Waals surface area contributed by atoms with Crippen molar-refractivity contribution < 1.29 is 4.79 Å². The number of hydrogen-bond acceptors (Lipinski definition) is 1. The molecule has 0 saturated heterocycles. The first kappa shape index (κ1) is 11.9. The normalized spacial score (nSPS) is 10.5. The van der Waals surface area contributed by atoms with Gasteiger partial charge in [0.25, 0.3) is 0 Å². The molecule has 0 aliphatic carbocycles. The fraction of sp³-hybridized carbons (Fsp3) is 0.214. The second kappa shape index (κ2) is 5.19. The SMILES string of the molecule is Cc1ccc(CNC(=O)CCl)c2ccccc12. The van der Waals surface area contributed by atoms with Crippen LogP contribution in [0.1, 0.15) is 11.1 Å². The molecule has 0 saturated carbocycles. The van der Waals surface area contributed by atoms with Gasteiger partial charge in [-0.25, -0.2) is 0 Å². The van der Waals surface area contributed by atoms with Crippen molar-refractivity contribution in [2.24, 2.45) is 0 Å². The molecule has 2 rings (SSSR count). The van der Waals surface area contributed by atoms with Crippen LogP contribution >= 0.6 is 11.6 Å². The average molecular weight is 248 g/mol. The van der Waals surface area contributed by atoms with E-state index in [0.29, 0.717) is 6.54 Å². The number of alkyl halides is 1. The molecule has 0 atom stereocenters. The highest BCUT2D eigenvalue weighted by molar-refractivity contribution is 6.27. The fourth-order valence-corrected chi connectivity index (χ4v) is 2.00. The summed E-state index contributed by atoms with van der Waals surface area (Å²) < 4.78 is 0. The Morgan fingerprint density at radius 2 is 1.88 bits per heavy atom. The van der Waals surface area contributed by atoms with Gasteiger partial charge in [-0.2, -0.15) is 0 Å². The molecule has 2 nitrogen and oxygen atoms in total. The van der Waals surface area contributed by atoms with Crippen LogP contribution in [-0.4, -0.2) is 11.8 Å². The molecule has 2 aromatic rings. The Balaban J connectivity index is 2.35. The summed E-state index contributed by atoms with van der Waals surface area (Å²) in [7, 11) is 0. The lowest BCUT2D eigenvalue weighted by atomic mass is 10.0. The summed E-state index contributed by atoms with van der Waals surface area (Å²) in [5.74, 6) is -0.139. The molecule has 0 fully saturated rings. The van der Waals surface area contributed by atoms with Gasteiger partial charge >= 0.3 is 0 Å². The molecule has 0 bridgehead atoms. The molecule has 0 aliphatic rings. The Morgan fingerprint density at radius 3 is 2.59 bits per heavy atom. The number of aryl methyl sites for hydroxylation is 1. The van der Waals surface area contributed by atoms with Crippen molar-refractivity contribution in [2.75, 3.05) is 5.88 Å². The van der Waals surface area contributed by atoms with E-state index in [0.717, 1.165) is 5.56 Å². The summed E-state index contributed by atoms with van der Waals surface area (Å²) in [5.41, 5.74) is 2.36. The minimum absolute atomic E-state index is 0.00376. The maximum Gasteiger partial charge on any atom is 0.235 e. The third-order valence-corrected chi connectivity index (χ3v) is 3.07. The van der Waals surface area contributed by atoms with Gasteiger partial charge in [-0.1, -0.05) is 36.4 Å². The molecule has 88 valence electrons. The van der Waals surface area contributed by atoms with Crippen LogP contribution in [0.5, 0.6) is 0 Å². The minimum Gasteiger partial charge on any atom is -0.351 e. The van der Waals surface area contributed by atoms with Gasteiger partial charge in [0, 0.05) is 6.54 Å². The summed E-state index contributed by atoms with van der Waals surface area (Å²) >= 11 is 5.45. The van der Waals surface area contributed by atoms with Crippen molar-refractivity contribution in [2.45, 2.75) is 13.5 Å². The van der Waals surface area contributed by atoms with E-state index < -0.39 is 0 Å². The Labute approximate surface area is 106 Å². The molecular weight excluding hydrogens is 234 g/mol. The standard InChI is InChI=1S/C14H14ClNO/c1-10-6-7-11(9-16-14(17)8-15)13-5-3-2-4-12(10)13/h2-7H,8-9H2,1H3,(H,16,17). The van der Waals surface area contributed by atoms with Crippen molar-refractivity contribution in [1.29, 1.82) is 0 Å². The summed E-state index contributed by atoms with van der Waals surface area (Å²) in [6.45, 7) is 2.61. The van der Waals surface area contributed by atoms with E-state index in [-0.39, 0.29) is 11.8 Å². The van der Waals surface area contributed by atoms with Crippen LogP contribution in [0, 0.1) is 6.92 Å². The predicted octanol–water partition coefficient (Wildman–Crippen LogP) is 3.00. The third-order valence-electron chi connectivity index (χ3n) is 2.83. The number of carbonyl (C=O) groups is 1. The van der Waals surface area contributed by atoms with Gasteiger partial charge in [-0.05, 0) is 28.8 Å². The highest BCUT2D eigenvalue weighted by atomic mass is 35.5. The second-order valence-corrected chi connectivity index (χ2v) is 4.26. The first-order chi connectivity index (χ1) is 8.22. The van der Waals surface area contributed by atoms with Crippen LogP contribution in [-0.2, 0) is 11.3 Å². The fourth-order valence-electron chi connectivity index (χ4n) is 1.91. The quantitative estimate of drug-likeness (QED) is 0.830. The first-order valence-corrected chi connectivity index (χ1v) is 6.05. The number of benzene rings is 2. The Kier molecular flexibility index (Phi) is 3.64. The minimum atomic E-state index is -0.142. The zero-order chi connectivity index (χ0) is 12.3. The first-order valence-electron chi connectivity index (χ1n) is 5.52. The molecule has 1 N–H and O–H groups in total. The average Bonchev–Trinajstić information content (AvgIpc) is 2.38. The van der Waals surface area contributed by atoms with E-state index in [9.17, 15) is 4.79 Å². The molecule has 0 aliphatic heterocycles. The zero-order valence-electron chi connectivity index (χ0n) is 9.66. The van der Waals surface area contributed by atoms with Crippen LogP contribution in [0.15, 0.2) is 36.4 Å². The molecule has 17 heavy (non-hydrogen) atoms. The molecule has 0 spiro atoms. The number of rotatable bonds is 3. The third kappa shape index (κ3) is 2.59. The van der Waals surface area contributed by atoms with E-state index in [2.05, 4.69) is 30.4 Å².